The number of benzene rings is 3. The number of methoxy groups -OCH3 is 1. The summed E-state index contributed by atoms with van der Waals surface area (Å²) < 4.78 is 12.1. The molecular formula is C26H24ClN3O3S. The van der Waals surface area contributed by atoms with Crippen molar-refractivity contribution in [3.05, 3.63) is 82.9 Å². The summed E-state index contributed by atoms with van der Waals surface area (Å²) in [5, 5.41) is 7.53. The zero-order valence-corrected chi connectivity index (χ0v) is 20.5. The number of halogens is 1. The Bertz CT molecular complexity index is 1280. The van der Waals surface area contributed by atoms with E-state index in [2.05, 4.69) is 10.6 Å². The van der Waals surface area contributed by atoms with E-state index in [1.807, 2.05) is 61.2 Å². The molecule has 2 N–H and O–H groups in total. The second-order valence-corrected chi connectivity index (χ2v) is 9.46. The minimum absolute atomic E-state index is 0.198. The van der Waals surface area contributed by atoms with Crippen LogP contribution in [-0.2, 0) is 4.79 Å². The maximum Gasteiger partial charge on any atom is 0.236 e. The average molecular weight is 494 g/mol. The fourth-order valence-electron chi connectivity index (χ4n) is 4.80. The van der Waals surface area contributed by atoms with Crippen LogP contribution in [0.25, 0.3) is 0 Å². The van der Waals surface area contributed by atoms with Gasteiger partial charge in [-0.05, 0) is 86.2 Å². The zero-order chi connectivity index (χ0) is 24.0. The molecule has 5 rings (SSSR count). The average Bonchev–Trinajstić information content (AvgIpc) is 2.80. The maximum atomic E-state index is 13.8. The first-order valence-electron chi connectivity index (χ1n) is 10.9. The van der Waals surface area contributed by atoms with E-state index < -0.39 is 17.7 Å². The van der Waals surface area contributed by atoms with E-state index in [9.17, 15) is 4.79 Å². The molecule has 2 bridgehead atoms. The number of nitrogens with one attached hydrogen (secondary N) is 2. The van der Waals surface area contributed by atoms with Crippen LogP contribution in [-0.4, -0.2) is 23.9 Å². The van der Waals surface area contributed by atoms with Crippen LogP contribution in [0.3, 0.4) is 0 Å². The van der Waals surface area contributed by atoms with Crippen LogP contribution in [0, 0.1) is 12.8 Å². The van der Waals surface area contributed by atoms with Crippen molar-refractivity contribution in [1.82, 2.24) is 5.32 Å². The number of carbonyl (C=O) groups excluding carboxylic acids is 1. The molecule has 3 aromatic rings. The summed E-state index contributed by atoms with van der Waals surface area (Å²) in [4.78, 5) is 15.7. The molecule has 0 aromatic heterocycles. The van der Waals surface area contributed by atoms with Crippen LogP contribution in [0.15, 0.2) is 66.7 Å². The first-order chi connectivity index (χ1) is 16.3. The number of hydrogen-bond acceptors (Lipinski definition) is 4. The number of anilines is 2. The largest absolute Gasteiger partial charge is 0.497 e. The lowest BCUT2D eigenvalue weighted by molar-refractivity contribution is -0.130. The summed E-state index contributed by atoms with van der Waals surface area (Å²) >= 11 is 11.8. The minimum atomic E-state index is -1.08. The van der Waals surface area contributed by atoms with Crippen molar-refractivity contribution in [3.8, 4) is 11.5 Å². The molecule has 1 saturated heterocycles. The van der Waals surface area contributed by atoms with Crippen LogP contribution in [0.4, 0.5) is 11.4 Å². The normalized spacial score (nSPS) is 22.8. The van der Waals surface area contributed by atoms with Crippen LogP contribution >= 0.6 is 23.8 Å². The summed E-state index contributed by atoms with van der Waals surface area (Å²) in [5.74, 6) is 0.513. The van der Waals surface area contributed by atoms with Crippen molar-refractivity contribution >= 4 is 46.2 Å². The smallest absolute Gasteiger partial charge is 0.236 e. The Hall–Kier alpha value is -3.29. The van der Waals surface area contributed by atoms with Gasteiger partial charge in [-0.2, -0.15) is 0 Å². The highest BCUT2D eigenvalue weighted by Gasteiger charge is 2.59. The quantitative estimate of drug-likeness (QED) is 0.471. The molecule has 0 unspecified atom stereocenters. The van der Waals surface area contributed by atoms with E-state index in [0.717, 1.165) is 16.8 Å². The second-order valence-electron chi connectivity index (χ2n) is 8.64. The molecule has 8 heteroatoms. The molecule has 1 fully saturated rings. The van der Waals surface area contributed by atoms with Crippen molar-refractivity contribution in [2.75, 3.05) is 17.3 Å². The van der Waals surface area contributed by atoms with Crippen LogP contribution in [0.2, 0.25) is 5.02 Å². The van der Waals surface area contributed by atoms with Crippen molar-refractivity contribution in [2.45, 2.75) is 25.6 Å². The topological polar surface area (TPSA) is 62.8 Å². The van der Waals surface area contributed by atoms with Crippen molar-refractivity contribution in [2.24, 2.45) is 5.92 Å². The Balaban J connectivity index is 1.63. The van der Waals surface area contributed by atoms with E-state index in [0.29, 0.717) is 27.3 Å². The van der Waals surface area contributed by atoms with Gasteiger partial charge in [0.25, 0.3) is 0 Å². The van der Waals surface area contributed by atoms with Gasteiger partial charge in [0.15, 0.2) is 10.8 Å². The van der Waals surface area contributed by atoms with Gasteiger partial charge in [0.05, 0.1) is 13.2 Å². The fourth-order valence-corrected chi connectivity index (χ4v) is 5.34. The first kappa shape index (κ1) is 22.5. The maximum absolute atomic E-state index is 13.8. The Morgan fingerprint density at radius 1 is 1.18 bits per heavy atom. The standard InChI is InChI=1S/C26H24ClN3O3S/c1-15-5-4-6-18(13-15)30-25(34)29-23-20-14-19(32-3)11-12-21(20)33-26(30,2)22(23)24(31)28-17-9-7-16(27)8-10-17/h4-14,22-23H,1-3H3,(H,28,31)(H,29,34)/t22-,23+,26+/m0/s1. The predicted octanol–water partition coefficient (Wildman–Crippen LogP) is 5.46. The van der Waals surface area contributed by atoms with Gasteiger partial charge in [-0.1, -0.05) is 23.7 Å². The highest BCUT2D eigenvalue weighted by molar-refractivity contribution is 7.80. The van der Waals surface area contributed by atoms with Gasteiger partial charge < -0.3 is 20.1 Å². The molecule has 0 radical (unpaired) electrons. The molecule has 0 aliphatic carbocycles. The monoisotopic (exact) mass is 493 g/mol. The number of thiocarbonyl (C=S) groups is 1. The molecular weight excluding hydrogens is 470 g/mol. The van der Waals surface area contributed by atoms with Gasteiger partial charge in [-0.25, -0.2) is 0 Å². The fraction of sp³-hybridized carbons (Fsp3) is 0.231. The van der Waals surface area contributed by atoms with Crippen LogP contribution in [0.5, 0.6) is 11.5 Å². The molecule has 2 aliphatic rings. The molecule has 3 atom stereocenters. The van der Waals surface area contributed by atoms with Crippen LogP contribution in [0.1, 0.15) is 24.1 Å². The summed E-state index contributed by atoms with van der Waals surface area (Å²) in [7, 11) is 1.61. The third kappa shape index (κ3) is 3.75. The number of nitrogens with zero attached hydrogens (tertiary/aromatic N) is 1. The summed E-state index contributed by atoms with van der Waals surface area (Å²) in [6, 6.07) is 20.2. The molecule has 0 saturated carbocycles. The first-order valence-corrected chi connectivity index (χ1v) is 11.7. The molecule has 3 aromatic carbocycles. The lowest BCUT2D eigenvalue weighted by Gasteiger charge is -2.56. The van der Waals surface area contributed by atoms with Gasteiger partial charge in [0.2, 0.25) is 5.91 Å². The van der Waals surface area contributed by atoms with Crippen molar-refractivity contribution in [3.63, 3.8) is 0 Å². The summed E-state index contributed by atoms with van der Waals surface area (Å²) in [6.45, 7) is 3.93. The second kappa shape index (κ2) is 8.49. The Labute approximate surface area is 208 Å². The van der Waals surface area contributed by atoms with Gasteiger partial charge in [0.1, 0.15) is 17.4 Å². The number of fused-ring (bicyclic) bond motifs is 4. The third-order valence-corrected chi connectivity index (χ3v) is 6.91. The number of aryl methyl sites for hydroxylation is 1. The molecule has 6 nitrogen and oxygen atoms in total. The third-order valence-electron chi connectivity index (χ3n) is 6.36. The van der Waals surface area contributed by atoms with Gasteiger partial charge >= 0.3 is 0 Å². The lowest BCUT2D eigenvalue weighted by atomic mass is 9.78. The number of amides is 1. The molecule has 174 valence electrons. The Morgan fingerprint density at radius 3 is 2.65 bits per heavy atom. The highest BCUT2D eigenvalue weighted by Crippen LogP contribution is 2.50. The zero-order valence-electron chi connectivity index (χ0n) is 19.0. The number of rotatable bonds is 4. The van der Waals surface area contributed by atoms with Crippen molar-refractivity contribution in [1.29, 1.82) is 0 Å². The van der Waals surface area contributed by atoms with Gasteiger partial charge in [0, 0.05) is 22.0 Å². The van der Waals surface area contributed by atoms with E-state index in [1.54, 1.807) is 31.4 Å². The van der Waals surface area contributed by atoms with E-state index in [-0.39, 0.29) is 5.91 Å². The predicted molar refractivity (Wildman–Crippen MR) is 138 cm³/mol. The molecule has 34 heavy (non-hydrogen) atoms. The molecule has 2 aliphatic heterocycles. The van der Waals surface area contributed by atoms with Gasteiger partial charge in [-0.3, -0.25) is 9.69 Å². The highest BCUT2D eigenvalue weighted by atomic mass is 35.5. The molecule has 0 spiro atoms. The lowest BCUT2D eigenvalue weighted by Crippen LogP contribution is -2.72. The van der Waals surface area contributed by atoms with E-state index >= 15 is 0 Å². The summed E-state index contributed by atoms with van der Waals surface area (Å²) in [6.07, 6.45) is 0. The summed E-state index contributed by atoms with van der Waals surface area (Å²) in [5.41, 5.74) is 2.31. The minimum Gasteiger partial charge on any atom is -0.497 e. The van der Waals surface area contributed by atoms with E-state index in [1.165, 1.54) is 0 Å². The molecule has 2 heterocycles. The Morgan fingerprint density at radius 2 is 1.94 bits per heavy atom. The van der Waals surface area contributed by atoms with Crippen LogP contribution < -0.4 is 25.0 Å². The Kier molecular flexibility index (Phi) is 5.62. The van der Waals surface area contributed by atoms with Crippen molar-refractivity contribution < 1.29 is 14.3 Å². The SMILES string of the molecule is COc1ccc2c(c1)[C@H]1NC(=S)N(c3cccc(C)c3)[C@](C)(O2)[C@@H]1C(=O)Nc1ccc(Cl)cc1. The van der Waals surface area contributed by atoms with Gasteiger partial charge in [-0.15, -0.1) is 0 Å². The van der Waals surface area contributed by atoms with E-state index in [4.69, 9.17) is 33.3 Å². The number of hydrogen-bond donors (Lipinski definition) is 2. The number of ether oxygens (including phenoxy) is 2. The molecule has 1 amide bonds. The number of carbonyl (C=O) groups is 1.